The molecule has 7 rings (SSSR count). The average molecular weight is 665 g/mol. The van der Waals surface area contributed by atoms with Gasteiger partial charge in [-0.15, -0.1) is 34.0 Å². The summed E-state index contributed by atoms with van der Waals surface area (Å²) in [6.07, 6.45) is 1.17. The van der Waals surface area contributed by atoms with Crippen molar-refractivity contribution in [3.8, 4) is 33.4 Å². The van der Waals surface area contributed by atoms with Crippen LogP contribution in [0.4, 0.5) is 0 Å². The molecule has 4 heteroatoms. The summed E-state index contributed by atoms with van der Waals surface area (Å²) in [6, 6.07) is 49.0. The molecule has 0 nitrogen and oxygen atoms in total. The van der Waals surface area contributed by atoms with Gasteiger partial charge in [-0.3, -0.25) is 0 Å². The molecule has 0 bridgehead atoms. The maximum Gasteiger partial charge on any atom is 4.00 e. The normalized spacial score (nSPS) is 11.5. The maximum absolute atomic E-state index is 3.31. The summed E-state index contributed by atoms with van der Waals surface area (Å²) >= 11 is 0. The van der Waals surface area contributed by atoms with Crippen molar-refractivity contribution in [2.24, 2.45) is 0 Å². The average Bonchev–Trinajstić information content (AvgIpc) is 3.59. The summed E-state index contributed by atoms with van der Waals surface area (Å²) in [6.45, 7) is 4.57. The van der Waals surface area contributed by atoms with Gasteiger partial charge in [-0.2, -0.15) is 35.5 Å². The van der Waals surface area contributed by atoms with E-state index in [0.717, 1.165) is 9.52 Å². The smallest absolute Gasteiger partial charge is 1.00 e. The van der Waals surface area contributed by atoms with E-state index in [1.165, 1.54) is 66.5 Å². The van der Waals surface area contributed by atoms with Gasteiger partial charge in [0.15, 0.2) is 0 Å². The summed E-state index contributed by atoms with van der Waals surface area (Å²) in [5.41, 5.74) is 9.42. The van der Waals surface area contributed by atoms with E-state index in [-0.39, 0.29) is 51.0 Å². The number of benzene rings is 5. The third-order valence-corrected chi connectivity index (χ3v) is 8.94. The molecule has 0 aliphatic carbocycles. The van der Waals surface area contributed by atoms with E-state index in [0.29, 0.717) is 5.92 Å². The van der Waals surface area contributed by atoms with Crippen molar-refractivity contribution in [2.45, 2.75) is 26.2 Å². The predicted octanol–water partition coefficient (Wildman–Crippen LogP) is 2.53. The van der Waals surface area contributed by atoms with Crippen LogP contribution in [0.2, 0.25) is 0 Å². The van der Waals surface area contributed by atoms with Gasteiger partial charge in [0.2, 0.25) is 0 Å². The van der Waals surface area contributed by atoms with Crippen molar-refractivity contribution in [3.05, 3.63) is 139 Å². The Hall–Kier alpha value is -2.61. The molecule has 0 fully saturated rings. The molecule has 6 aromatic rings. The van der Waals surface area contributed by atoms with E-state index in [9.17, 15) is 0 Å². The fraction of sp³-hybridized carbons (Fsp3) is 0.108. The zero-order valence-electron chi connectivity index (χ0n) is 23.2. The molecular weight excluding hydrogens is 635 g/mol. The third kappa shape index (κ3) is 6.90. The summed E-state index contributed by atoms with van der Waals surface area (Å²) < 4.78 is 0. The van der Waals surface area contributed by atoms with Gasteiger partial charge in [0.1, 0.15) is 0 Å². The van der Waals surface area contributed by atoms with E-state index in [1.807, 2.05) is 6.07 Å². The first-order chi connectivity index (χ1) is 18.7. The van der Waals surface area contributed by atoms with Crippen molar-refractivity contribution in [1.82, 2.24) is 0 Å². The van der Waals surface area contributed by atoms with Crippen molar-refractivity contribution in [2.75, 3.05) is 0 Å². The van der Waals surface area contributed by atoms with Gasteiger partial charge in [-0.1, -0.05) is 128 Å². The van der Waals surface area contributed by atoms with Crippen molar-refractivity contribution < 1.29 is 51.0 Å². The first-order valence-corrected chi connectivity index (χ1v) is 14.4. The molecule has 1 atom stereocenters. The predicted molar refractivity (Wildman–Crippen MR) is 165 cm³/mol. The number of fused-ring (bicyclic) bond motifs is 4. The molecule has 2 radical (unpaired) electrons. The molecule has 1 heterocycles. The minimum Gasteiger partial charge on any atom is -1.00 e. The molecule has 0 saturated carbocycles. The molecule has 0 spiro atoms. The number of hydrogen-bond donors (Lipinski definition) is 0. The van der Waals surface area contributed by atoms with Gasteiger partial charge in [-0.25, -0.2) is 0 Å². The fourth-order valence-electron chi connectivity index (χ4n) is 5.33. The Kier molecular flexibility index (Phi) is 12.1. The van der Waals surface area contributed by atoms with Crippen molar-refractivity contribution in [1.29, 1.82) is 0 Å². The molecule has 0 aromatic heterocycles. The van der Waals surface area contributed by atoms with Crippen LogP contribution in [0.15, 0.2) is 127 Å². The van der Waals surface area contributed by atoms with Gasteiger partial charge in [0.05, 0.1) is 9.52 Å². The van der Waals surface area contributed by atoms with Crippen molar-refractivity contribution >= 4 is 30.7 Å². The van der Waals surface area contributed by atoms with Crippen LogP contribution in [0.1, 0.15) is 31.7 Å². The molecule has 0 amide bonds. The summed E-state index contributed by atoms with van der Waals surface area (Å²) in [5.74, 6) is 0.594. The Morgan fingerprint density at radius 2 is 1.34 bits per heavy atom. The van der Waals surface area contributed by atoms with Gasteiger partial charge in [0.25, 0.3) is 0 Å². The second-order valence-corrected chi connectivity index (χ2v) is 11.2. The van der Waals surface area contributed by atoms with E-state index in [2.05, 4.69) is 141 Å². The molecule has 1 aliphatic heterocycles. The first kappa shape index (κ1) is 32.9. The minimum atomic E-state index is 0. The summed E-state index contributed by atoms with van der Waals surface area (Å²) in [4.78, 5) is 0. The number of halogens is 2. The Morgan fingerprint density at radius 1 is 0.707 bits per heavy atom. The van der Waals surface area contributed by atoms with Crippen molar-refractivity contribution in [3.63, 3.8) is 0 Å². The second kappa shape index (κ2) is 15.0. The minimum absolute atomic E-state index is 0. The third-order valence-electron chi connectivity index (χ3n) is 7.57. The van der Waals surface area contributed by atoms with Gasteiger partial charge < -0.3 is 24.8 Å². The Morgan fingerprint density at radius 3 is 2.05 bits per heavy atom. The molecule has 0 N–H and O–H groups in total. The van der Waals surface area contributed by atoms with Crippen LogP contribution in [0.25, 0.3) is 44.2 Å². The standard InChI is InChI=1S/C25H23.C12H7Si.2ClH.Zr/c1-3-18(2)22-16-21-14-15-23(19-10-6-4-7-11-19)25(24(21)17-22)20-12-8-5-9-13-20;1-3-7-11-9(5-1)10-6-2-4-8-12(10)13-11;;;/h4-18H,3H2,1-2H3;1-7H;2*1H;/q2*-1;;;+4/p-2. The van der Waals surface area contributed by atoms with Crippen LogP contribution in [-0.2, 0) is 26.2 Å². The van der Waals surface area contributed by atoms with E-state index in [4.69, 9.17) is 0 Å². The largest absolute Gasteiger partial charge is 4.00 e. The Balaban J connectivity index is 0.000000246. The Labute approximate surface area is 278 Å². The Bertz CT molecular complexity index is 1650. The maximum atomic E-state index is 3.31. The second-order valence-electron chi connectivity index (χ2n) is 9.95. The molecule has 6 aromatic carbocycles. The first-order valence-electron chi connectivity index (χ1n) is 13.4. The van der Waals surface area contributed by atoms with Gasteiger partial charge >= 0.3 is 26.2 Å². The van der Waals surface area contributed by atoms with E-state index < -0.39 is 0 Å². The quantitative estimate of drug-likeness (QED) is 0.201. The number of rotatable bonds is 4. The van der Waals surface area contributed by atoms with Crippen LogP contribution in [0.5, 0.6) is 0 Å². The molecule has 1 unspecified atom stereocenters. The number of hydrogen-bond acceptors (Lipinski definition) is 0. The van der Waals surface area contributed by atoms with Crippen LogP contribution in [0.3, 0.4) is 0 Å². The van der Waals surface area contributed by atoms with Crippen LogP contribution in [0, 0.1) is 6.07 Å². The van der Waals surface area contributed by atoms with Gasteiger partial charge in [0, 0.05) is 0 Å². The molecule has 1 aliphatic rings. The molecule has 0 saturated heterocycles. The van der Waals surface area contributed by atoms with Gasteiger partial charge in [-0.05, 0) is 22.6 Å². The van der Waals surface area contributed by atoms with Crippen LogP contribution >= 0.6 is 0 Å². The van der Waals surface area contributed by atoms with E-state index in [1.54, 1.807) is 0 Å². The zero-order valence-corrected chi connectivity index (χ0v) is 28.1. The molecule has 200 valence electrons. The molecular formula is C37H30Cl2SiZr. The van der Waals surface area contributed by atoms with E-state index >= 15 is 0 Å². The SMILES string of the molecule is CCC(C)c1cc2c(-c3ccccc3)c(-c3ccccc3)ccc2[cH-]1.[Cl-].[Cl-].[Zr+4].[c-]1cccc2c1[Si]c1ccccc1-2. The van der Waals surface area contributed by atoms with Crippen LogP contribution in [-0.4, -0.2) is 9.52 Å². The summed E-state index contributed by atoms with van der Waals surface area (Å²) in [5, 5.41) is 5.53. The van der Waals surface area contributed by atoms with Crippen LogP contribution < -0.4 is 35.2 Å². The fourth-order valence-corrected chi connectivity index (χ4v) is 6.64. The molecule has 41 heavy (non-hydrogen) atoms. The zero-order chi connectivity index (χ0) is 25.9. The summed E-state index contributed by atoms with van der Waals surface area (Å²) in [7, 11) is 0.795. The monoisotopic (exact) mass is 662 g/mol. The topological polar surface area (TPSA) is 0 Å².